The number of nitriles is 1. The Bertz CT molecular complexity index is 1780. The molecule has 2 aliphatic rings. The molecule has 2 aliphatic heterocycles. The zero-order valence-electron chi connectivity index (χ0n) is 25.3. The van der Waals surface area contributed by atoms with Crippen LogP contribution < -0.4 is 10.5 Å². The Morgan fingerprint density at radius 2 is 1.91 bits per heavy atom. The van der Waals surface area contributed by atoms with Crippen LogP contribution >= 0.6 is 0 Å². The average molecular weight is 611 g/mol. The number of halogens is 1. The molecule has 0 bridgehead atoms. The van der Waals surface area contributed by atoms with Gasteiger partial charge in [-0.05, 0) is 57.0 Å². The van der Waals surface area contributed by atoms with E-state index in [1.807, 2.05) is 32.0 Å². The number of piperidine rings is 1. The molecule has 4 aromatic rings. The van der Waals surface area contributed by atoms with E-state index in [1.165, 1.54) is 12.4 Å². The fourth-order valence-electron chi connectivity index (χ4n) is 6.05. The van der Waals surface area contributed by atoms with E-state index in [4.69, 9.17) is 20.3 Å². The minimum absolute atomic E-state index is 0.101. The van der Waals surface area contributed by atoms with Crippen molar-refractivity contribution in [3.05, 3.63) is 72.3 Å². The van der Waals surface area contributed by atoms with Gasteiger partial charge in [0.2, 0.25) is 0 Å². The Hall–Kier alpha value is -4.86. The van der Waals surface area contributed by atoms with E-state index in [1.54, 1.807) is 39.9 Å². The quantitative estimate of drug-likeness (QED) is 0.233. The number of rotatable bonds is 7. The van der Waals surface area contributed by atoms with E-state index in [2.05, 4.69) is 20.9 Å². The van der Waals surface area contributed by atoms with Gasteiger partial charge in [-0.3, -0.25) is 9.69 Å². The minimum atomic E-state index is -0.537. The fourth-order valence-corrected chi connectivity index (χ4v) is 6.05. The second-order valence-corrected chi connectivity index (χ2v) is 11.8. The molecule has 2 N–H and O–H groups in total. The number of anilines is 1. The lowest BCUT2D eigenvalue weighted by Gasteiger charge is -2.39. The number of morpholine rings is 1. The summed E-state index contributed by atoms with van der Waals surface area (Å²) in [5.41, 5.74) is 6.89. The molecule has 0 spiro atoms. The van der Waals surface area contributed by atoms with Crippen LogP contribution in [0.5, 0.6) is 11.5 Å². The molecular weight excluding hydrogens is 575 g/mol. The van der Waals surface area contributed by atoms with E-state index >= 15 is 4.39 Å². The highest BCUT2D eigenvalue weighted by molar-refractivity contribution is 5.99. The predicted octanol–water partition coefficient (Wildman–Crippen LogP) is 4.73. The average Bonchev–Trinajstić information content (AvgIpc) is 3.45. The van der Waals surface area contributed by atoms with Crippen LogP contribution in [-0.2, 0) is 9.53 Å². The first kappa shape index (κ1) is 30.2. The summed E-state index contributed by atoms with van der Waals surface area (Å²) >= 11 is 0. The van der Waals surface area contributed by atoms with Crippen molar-refractivity contribution in [2.45, 2.75) is 38.3 Å². The largest absolute Gasteiger partial charge is 0.457 e. The van der Waals surface area contributed by atoms with Gasteiger partial charge < -0.3 is 20.1 Å². The van der Waals surface area contributed by atoms with Gasteiger partial charge in [0.15, 0.2) is 5.65 Å². The van der Waals surface area contributed by atoms with Crippen LogP contribution in [0.2, 0.25) is 0 Å². The Kier molecular flexibility index (Phi) is 8.47. The predicted molar refractivity (Wildman–Crippen MR) is 167 cm³/mol. The van der Waals surface area contributed by atoms with Crippen LogP contribution in [0.3, 0.4) is 0 Å². The number of carbonyl (C=O) groups excluding carboxylic acids is 1. The fraction of sp³-hybridized carbons (Fsp3) is 0.364. The van der Waals surface area contributed by atoms with Crippen molar-refractivity contribution in [1.29, 1.82) is 5.26 Å². The van der Waals surface area contributed by atoms with Gasteiger partial charge in [0, 0.05) is 43.3 Å². The number of nitrogens with two attached hydrogens (primary N) is 1. The SMILES string of the molecule is CC(C)(C=C(C#N)C(=O)N1CCCC(n2nc(-c3ccc(Oc4ccccc4)cc3F)c3c(N)ncnc32)C1)N1CCOCC1. The maximum Gasteiger partial charge on any atom is 0.264 e. The second kappa shape index (κ2) is 12.6. The van der Waals surface area contributed by atoms with E-state index < -0.39 is 11.4 Å². The molecule has 2 saturated heterocycles. The van der Waals surface area contributed by atoms with E-state index in [9.17, 15) is 10.1 Å². The van der Waals surface area contributed by atoms with E-state index in [-0.39, 0.29) is 28.9 Å². The number of fused-ring (bicyclic) bond motifs is 1. The molecule has 2 fully saturated rings. The Morgan fingerprint density at radius 1 is 1.13 bits per heavy atom. The molecule has 1 atom stereocenters. The molecule has 4 heterocycles. The molecule has 1 unspecified atom stereocenters. The number of amides is 1. The Balaban J connectivity index is 1.28. The van der Waals surface area contributed by atoms with Gasteiger partial charge in [-0.2, -0.15) is 10.4 Å². The van der Waals surface area contributed by atoms with E-state index in [0.717, 1.165) is 13.1 Å². The number of benzene rings is 2. The van der Waals surface area contributed by atoms with Gasteiger partial charge >= 0.3 is 0 Å². The molecule has 11 nitrogen and oxygen atoms in total. The summed E-state index contributed by atoms with van der Waals surface area (Å²) in [5, 5.41) is 15.2. The summed E-state index contributed by atoms with van der Waals surface area (Å²) in [7, 11) is 0. The maximum absolute atomic E-state index is 15.6. The van der Waals surface area contributed by atoms with Crippen molar-refractivity contribution < 1.29 is 18.7 Å². The Labute approximate surface area is 260 Å². The van der Waals surface area contributed by atoms with Gasteiger partial charge in [0.1, 0.15) is 46.8 Å². The number of hydrogen-bond donors (Lipinski definition) is 1. The Morgan fingerprint density at radius 3 is 2.64 bits per heavy atom. The number of likely N-dealkylation sites (tertiary alicyclic amines) is 1. The molecule has 232 valence electrons. The van der Waals surface area contributed by atoms with Crippen molar-refractivity contribution in [2.75, 3.05) is 45.1 Å². The molecular formula is C33H35FN8O3. The first-order chi connectivity index (χ1) is 21.7. The highest BCUT2D eigenvalue weighted by Crippen LogP contribution is 2.36. The molecule has 6 rings (SSSR count). The number of hydrogen-bond acceptors (Lipinski definition) is 9. The lowest BCUT2D eigenvalue weighted by Crippen LogP contribution is -2.49. The summed E-state index contributed by atoms with van der Waals surface area (Å²) < 4.78 is 28.6. The molecule has 0 saturated carbocycles. The van der Waals surface area contributed by atoms with Gasteiger partial charge in [-0.25, -0.2) is 19.0 Å². The first-order valence-electron chi connectivity index (χ1n) is 15.0. The number of para-hydroxylation sites is 1. The van der Waals surface area contributed by atoms with Gasteiger partial charge in [-0.1, -0.05) is 18.2 Å². The van der Waals surface area contributed by atoms with Crippen LogP contribution in [0.15, 0.2) is 66.5 Å². The van der Waals surface area contributed by atoms with Crippen molar-refractivity contribution in [3.63, 3.8) is 0 Å². The highest BCUT2D eigenvalue weighted by atomic mass is 19.1. The third kappa shape index (κ3) is 6.22. The molecule has 0 aliphatic carbocycles. The first-order valence-corrected chi connectivity index (χ1v) is 15.0. The third-order valence-corrected chi connectivity index (χ3v) is 8.40. The van der Waals surface area contributed by atoms with Crippen molar-refractivity contribution in [3.8, 4) is 28.8 Å². The summed E-state index contributed by atoms with van der Waals surface area (Å²) in [5.74, 6) is 0.247. The zero-order chi connectivity index (χ0) is 31.6. The van der Waals surface area contributed by atoms with Crippen LogP contribution in [0.4, 0.5) is 10.2 Å². The molecule has 12 heteroatoms. The van der Waals surface area contributed by atoms with Crippen molar-refractivity contribution in [2.24, 2.45) is 0 Å². The summed E-state index contributed by atoms with van der Waals surface area (Å²) in [6, 6.07) is 15.6. The van der Waals surface area contributed by atoms with Gasteiger partial charge in [0.05, 0.1) is 24.6 Å². The molecule has 2 aromatic carbocycles. The van der Waals surface area contributed by atoms with Crippen LogP contribution in [-0.4, -0.2) is 80.4 Å². The van der Waals surface area contributed by atoms with Crippen LogP contribution in [0, 0.1) is 17.1 Å². The van der Waals surface area contributed by atoms with Gasteiger partial charge in [-0.15, -0.1) is 0 Å². The molecule has 45 heavy (non-hydrogen) atoms. The van der Waals surface area contributed by atoms with E-state index in [0.29, 0.717) is 67.4 Å². The molecule has 0 radical (unpaired) electrons. The van der Waals surface area contributed by atoms with Crippen molar-refractivity contribution in [1.82, 2.24) is 29.5 Å². The summed E-state index contributed by atoms with van der Waals surface area (Å²) in [4.78, 5) is 26.2. The molecule has 2 aromatic heterocycles. The highest BCUT2D eigenvalue weighted by Gasteiger charge is 2.33. The standard InChI is InChI=1S/C33H35FN8O3/c1-33(2,41-13-15-44-16-14-41)18-22(19-35)32(43)40-12-6-7-23(20-40)42-31-28(30(36)37-21-38-31)29(39-42)26-11-10-25(17-27(26)34)45-24-8-4-3-5-9-24/h3-5,8-11,17-18,21,23H,6-7,12-16,20H2,1-2H3,(H2,36,37,38). The number of nitrogen functional groups attached to an aromatic ring is 1. The monoisotopic (exact) mass is 610 g/mol. The number of carbonyl (C=O) groups is 1. The molecule has 1 amide bonds. The number of nitrogens with zero attached hydrogens (tertiary/aromatic N) is 7. The maximum atomic E-state index is 15.6. The zero-order valence-corrected chi connectivity index (χ0v) is 25.3. The number of aromatic nitrogens is 4. The summed E-state index contributed by atoms with van der Waals surface area (Å²) in [6.07, 6.45) is 4.51. The van der Waals surface area contributed by atoms with Crippen LogP contribution in [0.25, 0.3) is 22.3 Å². The normalized spacial score (nSPS) is 18.1. The lowest BCUT2D eigenvalue weighted by molar-refractivity contribution is -0.128. The van der Waals surface area contributed by atoms with Gasteiger partial charge in [0.25, 0.3) is 5.91 Å². The third-order valence-electron chi connectivity index (χ3n) is 8.40. The van der Waals surface area contributed by atoms with Crippen LogP contribution in [0.1, 0.15) is 32.7 Å². The smallest absolute Gasteiger partial charge is 0.264 e. The second-order valence-electron chi connectivity index (χ2n) is 11.8. The topological polar surface area (TPSA) is 135 Å². The lowest BCUT2D eigenvalue weighted by atomic mass is 9.97. The number of ether oxygens (including phenoxy) is 2. The van der Waals surface area contributed by atoms with Crippen molar-refractivity contribution >= 4 is 22.8 Å². The minimum Gasteiger partial charge on any atom is -0.457 e. The summed E-state index contributed by atoms with van der Waals surface area (Å²) in [6.45, 7) is 7.51.